The molecule has 0 N–H and O–H groups in total. The van der Waals surface area contributed by atoms with Crippen LogP contribution in [0.1, 0.15) is 28.7 Å². The first-order valence-electron chi connectivity index (χ1n) is 20.7. The number of para-hydroxylation sites is 1. The van der Waals surface area contributed by atoms with Gasteiger partial charge in [-0.05, 0) is 73.8 Å². The van der Waals surface area contributed by atoms with Crippen molar-refractivity contribution in [2.24, 2.45) is 5.92 Å². The molecule has 2 atom stereocenters. The average molecular weight is 782 g/mol. The molecule has 10 aromatic rings. The van der Waals surface area contributed by atoms with Gasteiger partial charge in [0.05, 0.1) is 26.8 Å². The van der Waals surface area contributed by atoms with Crippen molar-refractivity contribution in [1.82, 2.24) is 15.0 Å². The van der Waals surface area contributed by atoms with Crippen LogP contribution in [0.15, 0.2) is 194 Å². The zero-order chi connectivity index (χ0) is 39.4. The van der Waals surface area contributed by atoms with E-state index in [1.54, 1.807) is 11.3 Å². The molecular weight excluding hydrogens is 747 g/mol. The Labute approximate surface area is 351 Å². The van der Waals surface area contributed by atoms with E-state index in [0.29, 0.717) is 11.7 Å². The molecule has 0 bridgehead atoms. The molecule has 0 radical (unpaired) electrons. The summed E-state index contributed by atoms with van der Waals surface area (Å²) < 4.78 is 1.21. The number of hydrogen-bond donors (Lipinski definition) is 0. The monoisotopic (exact) mass is 781 g/mol. The van der Waals surface area contributed by atoms with Crippen LogP contribution >= 0.6 is 11.3 Å². The van der Waals surface area contributed by atoms with Gasteiger partial charge >= 0.3 is 0 Å². The molecule has 8 aromatic carbocycles. The lowest BCUT2D eigenvalue weighted by Crippen LogP contribution is -2.32. The average Bonchev–Trinajstić information content (AvgIpc) is 3.98. The van der Waals surface area contributed by atoms with E-state index in [2.05, 4.69) is 188 Å². The second-order valence-corrected chi connectivity index (χ2v) is 17.2. The van der Waals surface area contributed by atoms with Gasteiger partial charge in [0.25, 0.3) is 0 Å². The summed E-state index contributed by atoms with van der Waals surface area (Å²) in [6.07, 6.45) is 7.95. The minimum Gasteiger partial charge on any atom is -0.235 e. The summed E-state index contributed by atoms with van der Waals surface area (Å²) in [6, 6.07) is 63.7. The zero-order valence-electron chi connectivity index (χ0n) is 32.5. The van der Waals surface area contributed by atoms with Gasteiger partial charge in [-0.15, -0.1) is 11.3 Å². The molecule has 1 spiro atoms. The Bertz CT molecular complexity index is 3460. The largest absolute Gasteiger partial charge is 0.235 e. The summed E-state index contributed by atoms with van der Waals surface area (Å²) in [5, 5.41) is 4.55. The van der Waals surface area contributed by atoms with Crippen LogP contribution < -0.4 is 0 Å². The highest BCUT2D eigenvalue weighted by molar-refractivity contribution is 7.21. The van der Waals surface area contributed by atoms with E-state index in [9.17, 15) is 0 Å². The van der Waals surface area contributed by atoms with Gasteiger partial charge in [0.1, 0.15) is 5.01 Å². The molecule has 0 aliphatic heterocycles. The third-order valence-electron chi connectivity index (χ3n) is 13.2. The fourth-order valence-electron chi connectivity index (χ4n) is 10.6. The van der Waals surface area contributed by atoms with Gasteiger partial charge in [0.2, 0.25) is 0 Å². The van der Waals surface area contributed by atoms with E-state index >= 15 is 0 Å². The first-order valence-corrected chi connectivity index (χ1v) is 21.5. The Morgan fingerprint density at radius 2 is 1.17 bits per heavy atom. The number of fused-ring (bicyclic) bond motifs is 14. The van der Waals surface area contributed by atoms with Crippen molar-refractivity contribution >= 4 is 48.8 Å². The number of benzene rings is 8. The molecule has 0 fully saturated rings. The molecule has 2 aromatic heterocycles. The predicted molar refractivity (Wildman–Crippen MR) is 249 cm³/mol. The fourth-order valence-corrected chi connectivity index (χ4v) is 11.6. The molecule has 4 heteroatoms. The molecule has 280 valence electrons. The predicted octanol–water partition coefficient (Wildman–Crippen LogP) is 14.3. The topological polar surface area (TPSA) is 38.7 Å². The minimum absolute atomic E-state index is 0.240. The molecule has 2 heterocycles. The second-order valence-electron chi connectivity index (χ2n) is 16.2. The number of aromatic nitrogens is 3. The van der Waals surface area contributed by atoms with Gasteiger partial charge in [-0.2, -0.15) is 0 Å². The fraction of sp³-hybridized carbons (Fsp3) is 0.0536. The van der Waals surface area contributed by atoms with Gasteiger partial charge in [-0.25, -0.2) is 15.0 Å². The van der Waals surface area contributed by atoms with Crippen molar-refractivity contribution in [2.75, 3.05) is 0 Å². The van der Waals surface area contributed by atoms with Crippen molar-refractivity contribution in [1.29, 1.82) is 0 Å². The van der Waals surface area contributed by atoms with Crippen molar-refractivity contribution in [3.8, 4) is 55.5 Å². The van der Waals surface area contributed by atoms with Crippen LogP contribution in [0.25, 0.3) is 92.9 Å². The second kappa shape index (κ2) is 12.9. The molecule has 0 saturated heterocycles. The van der Waals surface area contributed by atoms with E-state index in [0.717, 1.165) is 50.2 Å². The van der Waals surface area contributed by atoms with Crippen LogP contribution in [0.4, 0.5) is 0 Å². The van der Waals surface area contributed by atoms with E-state index in [1.165, 1.54) is 65.6 Å². The van der Waals surface area contributed by atoms with E-state index in [4.69, 9.17) is 15.0 Å². The molecule has 60 heavy (non-hydrogen) atoms. The van der Waals surface area contributed by atoms with Crippen LogP contribution in [0.2, 0.25) is 0 Å². The van der Waals surface area contributed by atoms with Crippen LogP contribution in [0.5, 0.6) is 0 Å². The number of nitrogens with zero attached hydrogens (tertiary/aromatic N) is 3. The number of allylic oxidation sites excluding steroid dienone is 4. The van der Waals surface area contributed by atoms with Gasteiger partial charge in [0.15, 0.2) is 5.82 Å². The van der Waals surface area contributed by atoms with E-state index in [-0.39, 0.29) is 5.41 Å². The Hall–Kier alpha value is -7.27. The third-order valence-corrected chi connectivity index (χ3v) is 14.3. The summed E-state index contributed by atoms with van der Waals surface area (Å²) in [5.74, 6) is 1.05. The summed E-state index contributed by atoms with van der Waals surface area (Å²) in [6.45, 7) is 0. The van der Waals surface area contributed by atoms with Gasteiger partial charge < -0.3 is 0 Å². The van der Waals surface area contributed by atoms with E-state index < -0.39 is 0 Å². The smallest absolute Gasteiger partial charge is 0.160 e. The van der Waals surface area contributed by atoms with Gasteiger partial charge in [-0.3, -0.25) is 0 Å². The maximum atomic E-state index is 5.47. The third kappa shape index (κ3) is 4.74. The number of thiazole rings is 1. The van der Waals surface area contributed by atoms with Crippen molar-refractivity contribution in [2.45, 2.75) is 11.8 Å². The summed E-state index contributed by atoms with van der Waals surface area (Å²) in [5.41, 5.74) is 17.9. The normalized spacial score (nSPS) is 17.2. The molecule has 13 rings (SSSR count). The van der Waals surface area contributed by atoms with Crippen molar-refractivity contribution in [3.05, 3.63) is 216 Å². The number of rotatable bonds is 4. The highest BCUT2D eigenvalue weighted by atomic mass is 32.1. The quantitative estimate of drug-likeness (QED) is 0.178. The van der Waals surface area contributed by atoms with Crippen LogP contribution in [-0.4, -0.2) is 15.0 Å². The van der Waals surface area contributed by atoms with Crippen LogP contribution in [0.3, 0.4) is 0 Å². The Kier molecular flexibility index (Phi) is 7.22. The summed E-state index contributed by atoms with van der Waals surface area (Å²) in [7, 11) is 0. The van der Waals surface area contributed by atoms with Crippen molar-refractivity contribution in [3.63, 3.8) is 0 Å². The maximum absolute atomic E-state index is 5.47. The van der Waals surface area contributed by atoms with Crippen molar-refractivity contribution < 1.29 is 0 Å². The lowest BCUT2D eigenvalue weighted by molar-refractivity contribution is 0.495. The molecule has 2 unspecified atom stereocenters. The minimum atomic E-state index is -0.240. The first-order chi connectivity index (χ1) is 29.7. The summed E-state index contributed by atoms with van der Waals surface area (Å²) >= 11 is 1.77. The summed E-state index contributed by atoms with van der Waals surface area (Å²) in [4.78, 5) is 15.8. The highest BCUT2D eigenvalue weighted by Gasteiger charge is 2.56. The standard InChI is InChI=1S/C56H35N3S/c1-2-14-39-34(12-1)13-11-19-40(39)35-24-26-36(27-25-35)52-44-18-6-10-23-49(44)57-54(58-52)37-28-30-38(31-29-37)55-59-53-50(60-55)33-32-48-51(53)43-17-5-9-22-47(43)56(48)45-20-7-3-15-41(45)42-16-4-8-21-46(42)56/h1-20,22-33,46H,21H2. The van der Waals surface area contributed by atoms with E-state index in [1.807, 2.05) is 6.07 Å². The Balaban J connectivity index is 0.883. The zero-order valence-corrected chi connectivity index (χ0v) is 33.3. The van der Waals surface area contributed by atoms with Crippen LogP contribution in [0, 0.1) is 5.92 Å². The number of hydrogen-bond acceptors (Lipinski definition) is 4. The molecule has 0 saturated carbocycles. The van der Waals surface area contributed by atoms with Gasteiger partial charge in [0, 0.05) is 33.6 Å². The highest BCUT2D eigenvalue weighted by Crippen LogP contribution is 2.66. The Morgan fingerprint density at radius 1 is 0.500 bits per heavy atom. The lowest BCUT2D eigenvalue weighted by Gasteiger charge is -2.36. The lowest BCUT2D eigenvalue weighted by atomic mass is 9.65. The first kappa shape index (κ1) is 33.7. The molecule has 3 nitrogen and oxygen atoms in total. The molecular formula is C56H35N3S. The SMILES string of the molecule is C1=CCC2C(=C1)c1ccccc1C21c2ccccc2-c2c1ccc1sc(-c3ccc(-c4nc(-c5ccc(-c6cccc7ccccc67)cc5)c5ccccc5n4)cc3)nc21. The molecule has 0 amide bonds. The molecule has 3 aliphatic rings. The van der Waals surface area contributed by atoms with Crippen LogP contribution in [-0.2, 0) is 5.41 Å². The Morgan fingerprint density at radius 3 is 2.03 bits per heavy atom. The molecule has 3 aliphatic carbocycles. The van der Waals surface area contributed by atoms with Gasteiger partial charge in [-0.1, -0.05) is 182 Å². The maximum Gasteiger partial charge on any atom is 0.160 e.